The summed E-state index contributed by atoms with van der Waals surface area (Å²) in [5.74, 6) is 0.113. The van der Waals surface area contributed by atoms with Gasteiger partial charge >= 0.3 is 0 Å². The van der Waals surface area contributed by atoms with Crippen molar-refractivity contribution in [3.63, 3.8) is 0 Å². The molecule has 0 aliphatic heterocycles. The Morgan fingerprint density at radius 3 is 2.67 bits per heavy atom. The molecule has 0 radical (unpaired) electrons. The Morgan fingerprint density at radius 2 is 2.08 bits per heavy atom. The number of hydrogen-bond donors (Lipinski definition) is 1. The highest BCUT2D eigenvalue weighted by atomic mass is 16.2. The average molecular weight is 168 g/mol. The maximum atomic E-state index is 11.7. The van der Waals surface area contributed by atoms with Gasteiger partial charge in [-0.15, -0.1) is 0 Å². The van der Waals surface area contributed by atoms with Crippen molar-refractivity contribution in [1.29, 1.82) is 0 Å². The first-order valence-corrected chi connectivity index (χ1v) is 4.46. The van der Waals surface area contributed by atoms with Crippen LogP contribution in [0.2, 0.25) is 0 Å². The Bertz CT molecular complexity index is 214. The van der Waals surface area contributed by atoms with Crippen molar-refractivity contribution in [1.82, 2.24) is 0 Å². The van der Waals surface area contributed by atoms with Crippen molar-refractivity contribution in [2.24, 2.45) is 5.41 Å². The van der Waals surface area contributed by atoms with E-state index in [0.29, 0.717) is 5.57 Å². The zero-order chi connectivity index (χ0) is 9.19. The molecular formula is C10H16O2. The predicted octanol–water partition coefficient (Wildman–Crippen LogP) is 2.60. The van der Waals surface area contributed by atoms with Crippen LogP contribution in [-0.4, -0.2) is 10.9 Å². The van der Waals surface area contributed by atoms with E-state index in [4.69, 9.17) is 5.11 Å². The molecule has 1 aliphatic carbocycles. The fourth-order valence-electron chi connectivity index (χ4n) is 1.67. The maximum Gasteiger partial charge on any atom is 0.167 e. The molecular weight excluding hydrogens is 152 g/mol. The van der Waals surface area contributed by atoms with Gasteiger partial charge in [-0.05, 0) is 19.3 Å². The number of rotatable bonds is 0. The quantitative estimate of drug-likeness (QED) is 0.343. The van der Waals surface area contributed by atoms with Crippen LogP contribution in [0, 0.1) is 5.41 Å². The lowest BCUT2D eigenvalue weighted by Gasteiger charge is -2.20. The molecule has 0 aromatic heterocycles. The number of hydrogen-bond acceptors (Lipinski definition) is 2. The van der Waals surface area contributed by atoms with Crippen molar-refractivity contribution in [2.75, 3.05) is 0 Å². The monoisotopic (exact) mass is 168 g/mol. The molecule has 12 heavy (non-hydrogen) atoms. The largest absolute Gasteiger partial charge is 0.515 e. The van der Waals surface area contributed by atoms with Crippen molar-refractivity contribution in [3.05, 3.63) is 11.8 Å². The zero-order valence-electron chi connectivity index (χ0n) is 7.76. The van der Waals surface area contributed by atoms with Gasteiger partial charge in [0.1, 0.15) is 0 Å². The van der Waals surface area contributed by atoms with Crippen LogP contribution in [0.5, 0.6) is 0 Å². The van der Waals surface area contributed by atoms with Gasteiger partial charge in [-0.25, -0.2) is 0 Å². The number of carbonyl (C=O) groups is 1. The molecule has 1 rings (SSSR count). The maximum absolute atomic E-state index is 11.7. The fraction of sp³-hybridized carbons (Fsp3) is 0.700. The molecule has 0 atom stereocenters. The summed E-state index contributed by atoms with van der Waals surface area (Å²) in [4.78, 5) is 11.7. The van der Waals surface area contributed by atoms with Crippen LogP contribution in [0.1, 0.15) is 39.5 Å². The first-order valence-electron chi connectivity index (χ1n) is 4.46. The molecule has 1 saturated carbocycles. The van der Waals surface area contributed by atoms with E-state index < -0.39 is 0 Å². The summed E-state index contributed by atoms with van der Waals surface area (Å²) >= 11 is 0. The van der Waals surface area contributed by atoms with Crippen LogP contribution in [0.15, 0.2) is 11.8 Å². The number of allylic oxidation sites excluding steroid dienone is 1. The first kappa shape index (κ1) is 9.30. The summed E-state index contributed by atoms with van der Waals surface area (Å²) in [6.45, 7) is 3.90. The summed E-state index contributed by atoms with van der Waals surface area (Å²) < 4.78 is 0. The van der Waals surface area contributed by atoms with Crippen LogP contribution in [-0.2, 0) is 4.79 Å². The van der Waals surface area contributed by atoms with Gasteiger partial charge in [0, 0.05) is 11.0 Å². The van der Waals surface area contributed by atoms with Gasteiger partial charge in [0.05, 0.1) is 6.26 Å². The molecule has 1 fully saturated rings. The first-order chi connectivity index (χ1) is 5.58. The Hall–Kier alpha value is -0.790. The minimum atomic E-state index is -0.273. The van der Waals surface area contributed by atoms with Gasteiger partial charge in [-0.2, -0.15) is 0 Å². The second-order valence-corrected chi connectivity index (χ2v) is 4.07. The third kappa shape index (κ3) is 1.68. The Balaban J connectivity index is 2.89. The Labute approximate surface area is 73.3 Å². The Morgan fingerprint density at radius 1 is 1.42 bits per heavy atom. The van der Waals surface area contributed by atoms with Crippen LogP contribution in [0.25, 0.3) is 0 Å². The number of carbonyl (C=O) groups excluding carboxylic acids is 1. The second-order valence-electron chi connectivity index (χ2n) is 4.07. The summed E-state index contributed by atoms with van der Waals surface area (Å²) in [6, 6.07) is 0. The SMILES string of the molecule is CC1(C)CCCC/C(=C\O)C1=O. The molecule has 0 saturated heterocycles. The van der Waals surface area contributed by atoms with Crippen LogP contribution in [0.3, 0.4) is 0 Å². The smallest absolute Gasteiger partial charge is 0.167 e. The molecule has 2 heteroatoms. The molecule has 1 aliphatic rings. The lowest BCUT2D eigenvalue weighted by molar-refractivity contribution is -0.123. The highest BCUT2D eigenvalue weighted by molar-refractivity contribution is 5.99. The minimum Gasteiger partial charge on any atom is -0.515 e. The molecule has 0 amide bonds. The van der Waals surface area contributed by atoms with Crippen molar-refractivity contribution in [2.45, 2.75) is 39.5 Å². The van der Waals surface area contributed by atoms with Crippen LogP contribution >= 0.6 is 0 Å². The van der Waals surface area contributed by atoms with E-state index in [-0.39, 0.29) is 11.2 Å². The third-order valence-electron chi connectivity index (χ3n) is 2.56. The van der Waals surface area contributed by atoms with E-state index >= 15 is 0 Å². The highest BCUT2D eigenvalue weighted by Gasteiger charge is 2.31. The number of aliphatic hydroxyl groups excluding tert-OH is 1. The minimum absolute atomic E-state index is 0.113. The van der Waals surface area contributed by atoms with Crippen molar-refractivity contribution in [3.8, 4) is 0 Å². The zero-order valence-corrected chi connectivity index (χ0v) is 7.76. The molecule has 0 spiro atoms. The summed E-state index contributed by atoms with van der Waals surface area (Å²) in [7, 11) is 0. The van der Waals surface area contributed by atoms with E-state index in [2.05, 4.69) is 0 Å². The summed E-state index contributed by atoms with van der Waals surface area (Å²) in [6.07, 6.45) is 4.75. The van der Waals surface area contributed by atoms with E-state index in [1.807, 2.05) is 13.8 Å². The molecule has 0 aromatic carbocycles. The summed E-state index contributed by atoms with van der Waals surface area (Å²) in [5, 5.41) is 8.84. The van der Waals surface area contributed by atoms with Crippen LogP contribution in [0.4, 0.5) is 0 Å². The highest BCUT2D eigenvalue weighted by Crippen LogP contribution is 2.33. The number of ketones is 1. The van der Waals surface area contributed by atoms with Crippen molar-refractivity contribution >= 4 is 5.78 Å². The van der Waals surface area contributed by atoms with Gasteiger partial charge < -0.3 is 5.11 Å². The van der Waals surface area contributed by atoms with Gasteiger partial charge in [0.2, 0.25) is 0 Å². The summed E-state index contributed by atoms with van der Waals surface area (Å²) in [5.41, 5.74) is 0.322. The predicted molar refractivity (Wildman–Crippen MR) is 48.0 cm³/mol. The standard InChI is InChI=1S/C10H16O2/c1-10(2)6-4-3-5-8(7-11)9(10)12/h7,11H,3-6H2,1-2H3/b8-7+. The third-order valence-corrected chi connectivity index (χ3v) is 2.56. The average Bonchev–Trinajstić information content (AvgIpc) is 2.14. The van der Waals surface area contributed by atoms with Gasteiger partial charge in [-0.1, -0.05) is 20.3 Å². The van der Waals surface area contributed by atoms with Gasteiger partial charge in [0.25, 0.3) is 0 Å². The molecule has 0 heterocycles. The molecule has 1 N–H and O–H groups in total. The normalized spacial score (nSPS) is 27.2. The molecule has 0 bridgehead atoms. The van der Waals surface area contributed by atoms with Crippen LogP contribution < -0.4 is 0 Å². The fourth-order valence-corrected chi connectivity index (χ4v) is 1.67. The van der Waals surface area contributed by atoms with Crippen molar-refractivity contribution < 1.29 is 9.90 Å². The van der Waals surface area contributed by atoms with Gasteiger partial charge in [-0.3, -0.25) is 4.79 Å². The Kier molecular flexibility index (Phi) is 2.55. The van der Waals surface area contributed by atoms with E-state index in [0.717, 1.165) is 31.9 Å². The second kappa shape index (κ2) is 3.30. The number of Topliss-reactive ketones (excluding diaryl/α,β-unsaturated/α-hetero) is 1. The lowest BCUT2D eigenvalue weighted by Crippen LogP contribution is -2.23. The molecule has 0 aromatic rings. The molecule has 2 nitrogen and oxygen atoms in total. The molecule has 0 unspecified atom stereocenters. The van der Waals surface area contributed by atoms with E-state index in [1.165, 1.54) is 0 Å². The topological polar surface area (TPSA) is 37.3 Å². The number of aliphatic hydroxyl groups is 1. The van der Waals surface area contributed by atoms with E-state index in [1.54, 1.807) is 0 Å². The van der Waals surface area contributed by atoms with E-state index in [9.17, 15) is 4.79 Å². The molecule has 68 valence electrons. The lowest BCUT2D eigenvalue weighted by atomic mass is 9.82. The van der Waals surface area contributed by atoms with Gasteiger partial charge in [0.15, 0.2) is 5.78 Å².